The molecule has 7 nitrogen and oxygen atoms in total. The van der Waals surface area contributed by atoms with Gasteiger partial charge >= 0.3 is 15.5 Å². The molecule has 0 bridgehead atoms. The number of nitrogens with one attached hydrogen (secondary N) is 2. The summed E-state index contributed by atoms with van der Waals surface area (Å²) in [6.45, 7) is 4.88. The van der Waals surface area contributed by atoms with E-state index in [-0.39, 0.29) is 55.9 Å². The van der Waals surface area contributed by atoms with Crippen LogP contribution in [0.4, 0.5) is 13.2 Å². The maximum atomic E-state index is 12.7. The third-order valence-electron chi connectivity index (χ3n) is 4.48. The number of para-hydroxylation sites is 1. The maximum Gasteiger partial charge on any atom is 0.511 e. The number of alkyl halides is 3. The quantitative estimate of drug-likeness (QED) is 0.231. The Balaban J connectivity index is 0.00000450. The molecule has 2 rings (SSSR count). The van der Waals surface area contributed by atoms with E-state index in [0.717, 1.165) is 11.3 Å². The highest BCUT2D eigenvalue weighted by Gasteiger charge is 2.50. The molecule has 30 heavy (non-hydrogen) atoms. The molecule has 0 amide bonds. The number of guanidine groups is 1. The molecule has 1 saturated heterocycles. The van der Waals surface area contributed by atoms with Gasteiger partial charge in [0.2, 0.25) is 0 Å². The first-order chi connectivity index (χ1) is 13.6. The Morgan fingerprint density at radius 2 is 1.90 bits per heavy atom. The van der Waals surface area contributed by atoms with Crippen molar-refractivity contribution in [1.82, 2.24) is 14.9 Å². The Morgan fingerprint density at radius 1 is 1.27 bits per heavy atom. The zero-order valence-electron chi connectivity index (χ0n) is 16.9. The summed E-state index contributed by atoms with van der Waals surface area (Å²) in [7, 11) is -5.27. The third kappa shape index (κ3) is 7.45. The molecule has 0 aromatic heterocycles. The van der Waals surface area contributed by atoms with Gasteiger partial charge < -0.3 is 15.4 Å². The van der Waals surface area contributed by atoms with E-state index in [1.54, 1.807) is 0 Å². The highest BCUT2D eigenvalue weighted by atomic mass is 127. The van der Waals surface area contributed by atoms with Crippen LogP contribution < -0.4 is 15.4 Å². The van der Waals surface area contributed by atoms with E-state index in [2.05, 4.69) is 15.6 Å². The van der Waals surface area contributed by atoms with E-state index in [1.807, 2.05) is 38.1 Å². The Hall–Kier alpha value is -1.28. The molecule has 0 saturated carbocycles. The first-order valence-corrected chi connectivity index (χ1v) is 10.9. The van der Waals surface area contributed by atoms with Crippen molar-refractivity contribution in [2.75, 3.05) is 32.8 Å². The van der Waals surface area contributed by atoms with Crippen molar-refractivity contribution in [1.29, 1.82) is 0 Å². The van der Waals surface area contributed by atoms with Gasteiger partial charge in [0.05, 0.1) is 6.54 Å². The Labute approximate surface area is 192 Å². The van der Waals surface area contributed by atoms with Crippen LogP contribution in [0.15, 0.2) is 29.3 Å². The van der Waals surface area contributed by atoms with Crippen LogP contribution in [0.5, 0.6) is 5.75 Å². The summed E-state index contributed by atoms with van der Waals surface area (Å²) >= 11 is 0. The molecule has 1 aliphatic rings. The van der Waals surface area contributed by atoms with Gasteiger partial charge in [-0.25, -0.2) is 13.4 Å². The average Bonchev–Trinajstić information content (AvgIpc) is 2.66. The number of ether oxygens (including phenoxy) is 1. The summed E-state index contributed by atoms with van der Waals surface area (Å²) in [6, 6.07) is 7.49. The average molecular weight is 564 g/mol. The zero-order chi connectivity index (χ0) is 21.5. The van der Waals surface area contributed by atoms with Gasteiger partial charge in [-0.2, -0.15) is 17.5 Å². The highest BCUT2D eigenvalue weighted by molar-refractivity contribution is 14.0. The van der Waals surface area contributed by atoms with Crippen LogP contribution >= 0.6 is 24.0 Å². The number of aryl methyl sites for hydroxylation is 1. The number of nitrogens with zero attached hydrogens (tertiary/aromatic N) is 2. The lowest BCUT2D eigenvalue weighted by Crippen LogP contribution is -2.51. The monoisotopic (exact) mass is 564 g/mol. The number of hydrogen-bond acceptors (Lipinski definition) is 4. The van der Waals surface area contributed by atoms with Crippen molar-refractivity contribution in [2.45, 2.75) is 38.2 Å². The number of hydrogen-bond donors (Lipinski definition) is 2. The van der Waals surface area contributed by atoms with E-state index in [1.165, 1.54) is 0 Å². The summed E-state index contributed by atoms with van der Waals surface area (Å²) in [4.78, 5) is 4.42. The molecule has 1 aromatic rings. The van der Waals surface area contributed by atoms with Gasteiger partial charge in [-0.1, -0.05) is 18.2 Å². The number of piperidine rings is 1. The topological polar surface area (TPSA) is 83.0 Å². The number of benzene rings is 1. The predicted octanol–water partition coefficient (Wildman–Crippen LogP) is 2.86. The van der Waals surface area contributed by atoms with E-state index in [0.29, 0.717) is 30.0 Å². The highest BCUT2D eigenvalue weighted by Crippen LogP contribution is 2.28. The molecule has 0 spiro atoms. The molecule has 172 valence electrons. The van der Waals surface area contributed by atoms with Crippen LogP contribution in [-0.2, 0) is 10.0 Å². The largest absolute Gasteiger partial charge is 0.511 e. The smallest absolute Gasteiger partial charge is 0.491 e. The Bertz CT molecular complexity index is 798. The van der Waals surface area contributed by atoms with Crippen LogP contribution in [0.25, 0.3) is 0 Å². The van der Waals surface area contributed by atoms with Crippen LogP contribution in [-0.4, -0.2) is 63.0 Å². The lowest BCUT2D eigenvalue weighted by molar-refractivity contribution is -0.0494. The molecule has 1 fully saturated rings. The van der Waals surface area contributed by atoms with Gasteiger partial charge in [0.15, 0.2) is 5.96 Å². The van der Waals surface area contributed by atoms with Crippen LogP contribution in [0.1, 0.15) is 25.3 Å². The van der Waals surface area contributed by atoms with Gasteiger partial charge in [-0.3, -0.25) is 0 Å². The fourth-order valence-electron chi connectivity index (χ4n) is 2.93. The van der Waals surface area contributed by atoms with Gasteiger partial charge in [-0.05, 0) is 38.3 Å². The molecule has 1 aromatic carbocycles. The van der Waals surface area contributed by atoms with Crippen LogP contribution in [0.2, 0.25) is 0 Å². The lowest BCUT2D eigenvalue weighted by atomic mass is 10.1. The summed E-state index contributed by atoms with van der Waals surface area (Å²) in [5.74, 6) is 1.32. The zero-order valence-corrected chi connectivity index (χ0v) is 20.1. The minimum absolute atomic E-state index is 0. The SMILES string of the molecule is CCNC(=NCCOc1ccccc1C)NC1CCN(S(=O)(=O)C(F)(F)F)CC1.I. The van der Waals surface area contributed by atoms with Crippen molar-refractivity contribution in [3.05, 3.63) is 29.8 Å². The number of sulfonamides is 1. The molecule has 0 unspecified atom stereocenters. The molecule has 0 atom stereocenters. The second-order valence-electron chi connectivity index (χ2n) is 6.64. The van der Waals surface area contributed by atoms with Gasteiger partial charge in [-0.15, -0.1) is 24.0 Å². The predicted molar refractivity (Wildman–Crippen MR) is 121 cm³/mol. The van der Waals surface area contributed by atoms with E-state index in [9.17, 15) is 21.6 Å². The number of aliphatic imine (C=N–C) groups is 1. The first-order valence-electron chi connectivity index (χ1n) is 9.45. The molecular formula is C18H28F3IN4O3S. The summed E-state index contributed by atoms with van der Waals surface area (Å²) in [5, 5.41) is 6.24. The number of halogens is 4. The maximum absolute atomic E-state index is 12.7. The Morgan fingerprint density at radius 3 is 2.47 bits per heavy atom. The standard InChI is InChI=1S/C18H27F3N4O3S.HI/c1-3-22-17(23-10-13-28-16-7-5-4-6-14(16)2)24-15-8-11-25(12-9-15)29(26,27)18(19,20)21;/h4-7,15H,3,8-13H2,1-2H3,(H2,22,23,24);1H. The van der Waals surface area contributed by atoms with Gasteiger partial charge in [0.1, 0.15) is 12.4 Å². The van der Waals surface area contributed by atoms with E-state index in [4.69, 9.17) is 4.74 Å². The van der Waals surface area contributed by atoms with Crippen molar-refractivity contribution in [3.8, 4) is 5.75 Å². The molecule has 2 N–H and O–H groups in total. The second-order valence-corrected chi connectivity index (χ2v) is 8.57. The van der Waals surface area contributed by atoms with Crippen molar-refractivity contribution in [2.24, 2.45) is 4.99 Å². The normalized spacial score (nSPS) is 16.6. The summed E-state index contributed by atoms with van der Waals surface area (Å²) in [6.07, 6.45) is 0.527. The van der Waals surface area contributed by atoms with Gasteiger partial charge in [0, 0.05) is 25.7 Å². The van der Waals surface area contributed by atoms with E-state index < -0.39 is 15.5 Å². The van der Waals surface area contributed by atoms with Crippen LogP contribution in [0.3, 0.4) is 0 Å². The van der Waals surface area contributed by atoms with Gasteiger partial charge in [0.25, 0.3) is 0 Å². The summed E-state index contributed by atoms with van der Waals surface area (Å²) < 4.78 is 67.1. The second kappa shape index (κ2) is 11.9. The minimum Gasteiger partial charge on any atom is -0.491 e. The molecular weight excluding hydrogens is 536 g/mol. The van der Waals surface area contributed by atoms with Crippen molar-refractivity contribution >= 4 is 40.0 Å². The molecule has 1 aliphatic heterocycles. The molecule has 0 radical (unpaired) electrons. The third-order valence-corrected chi connectivity index (χ3v) is 6.11. The first kappa shape index (κ1) is 26.8. The molecule has 0 aliphatic carbocycles. The van der Waals surface area contributed by atoms with Crippen molar-refractivity contribution < 1.29 is 26.3 Å². The molecule has 12 heteroatoms. The minimum atomic E-state index is -5.27. The van der Waals surface area contributed by atoms with E-state index >= 15 is 0 Å². The fraction of sp³-hybridized carbons (Fsp3) is 0.611. The fourth-order valence-corrected chi connectivity index (χ4v) is 3.92. The lowest BCUT2D eigenvalue weighted by Gasteiger charge is -2.32. The Kier molecular flexibility index (Phi) is 10.6. The molecule has 1 heterocycles. The van der Waals surface area contributed by atoms with Crippen molar-refractivity contribution in [3.63, 3.8) is 0 Å². The summed E-state index contributed by atoms with van der Waals surface area (Å²) in [5.41, 5.74) is -4.23. The van der Waals surface area contributed by atoms with Crippen LogP contribution in [0, 0.1) is 6.92 Å². The number of rotatable bonds is 7.